The number of rotatable bonds is 3. The molecule has 7 heteroatoms. The normalized spacial score (nSPS) is 19.3. The van der Waals surface area contributed by atoms with Gasteiger partial charge in [0.15, 0.2) is 0 Å². The molecule has 2 aromatic rings. The third-order valence-electron chi connectivity index (χ3n) is 4.41. The van der Waals surface area contributed by atoms with Gasteiger partial charge in [0.1, 0.15) is 4.90 Å². The van der Waals surface area contributed by atoms with E-state index in [0.29, 0.717) is 17.7 Å². The van der Waals surface area contributed by atoms with E-state index in [4.69, 9.17) is 0 Å². The van der Waals surface area contributed by atoms with Gasteiger partial charge in [-0.25, -0.2) is 8.42 Å². The molecule has 0 aliphatic carbocycles. The van der Waals surface area contributed by atoms with Gasteiger partial charge >= 0.3 is 5.97 Å². The number of nitrogens with zero attached hydrogens (tertiary/aromatic N) is 1. The number of carboxylic acid groups (broad SMARTS) is 1. The second-order valence-corrected chi connectivity index (χ2v) is 8.68. The van der Waals surface area contributed by atoms with Gasteiger partial charge in [0.25, 0.3) is 0 Å². The van der Waals surface area contributed by atoms with Crippen LogP contribution in [0, 0.1) is 5.41 Å². The summed E-state index contributed by atoms with van der Waals surface area (Å²) in [5.74, 6) is -0.856. The Balaban J connectivity index is 1.90. The van der Waals surface area contributed by atoms with E-state index < -0.39 is 21.4 Å². The second kappa shape index (κ2) is 5.33. The molecular weight excluding hydrogens is 322 g/mol. The van der Waals surface area contributed by atoms with Crippen molar-refractivity contribution < 1.29 is 18.3 Å². The molecule has 22 heavy (non-hydrogen) atoms. The van der Waals surface area contributed by atoms with Crippen LogP contribution in [0.4, 0.5) is 0 Å². The van der Waals surface area contributed by atoms with Crippen molar-refractivity contribution in [3.63, 3.8) is 0 Å². The summed E-state index contributed by atoms with van der Waals surface area (Å²) in [6.07, 6.45) is 0.674. The Hall–Kier alpha value is -1.44. The van der Waals surface area contributed by atoms with Crippen molar-refractivity contribution in [3.8, 4) is 0 Å². The first-order chi connectivity index (χ1) is 10.3. The van der Waals surface area contributed by atoms with Crippen molar-refractivity contribution in [2.24, 2.45) is 5.41 Å². The van der Waals surface area contributed by atoms with Gasteiger partial charge in [0.05, 0.1) is 5.41 Å². The van der Waals surface area contributed by atoms with Crippen LogP contribution < -0.4 is 0 Å². The Kier molecular flexibility index (Phi) is 3.74. The molecule has 1 fully saturated rings. The van der Waals surface area contributed by atoms with Crippen LogP contribution in [-0.4, -0.2) is 36.9 Å². The molecule has 5 nitrogen and oxygen atoms in total. The van der Waals surface area contributed by atoms with Gasteiger partial charge in [0, 0.05) is 28.6 Å². The molecule has 1 aliphatic heterocycles. The first-order valence-electron chi connectivity index (χ1n) is 7.04. The summed E-state index contributed by atoms with van der Waals surface area (Å²) in [4.78, 5) is 11.6. The molecule has 0 spiro atoms. The summed E-state index contributed by atoms with van der Waals surface area (Å²) >= 11 is 1.41. The van der Waals surface area contributed by atoms with Crippen LogP contribution in [-0.2, 0) is 14.8 Å². The zero-order valence-corrected chi connectivity index (χ0v) is 13.8. The van der Waals surface area contributed by atoms with Crippen LogP contribution >= 0.6 is 11.3 Å². The summed E-state index contributed by atoms with van der Waals surface area (Å²) in [5, 5.41) is 11.7. The van der Waals surface area contributed by atoms with E-state index in [1.54, 1.807) is 12.3 Å². The van der Waals surface area contributed by atoms with Gasteiger partial charge in [-0.3, -0.25) is 4.79 Å². The lowest BCUT2D eigenvalue weighted by Gasteiger charge is -2.35. The molecule has 0 atom stereocenters. The zero-order valence-electron chi connectivity index (χ0n) is 12.2. The highest BCUT2D eigenvalue weighted by molar-refractivity contribution is 7.89. The first-order valence-corrected chi connectivity index (χ1v) is 9.36. The summed E-state index contributed by atoms with van der Waals surface area (Å²) in [7, 11) is -3.57. The van der Waals surface area contributed by atoms with Crippen LogP contribution in [0.2, 0.25) is 0 Å². The van der Waals surface area contributed by atoms with Gasteiger partial charge < -0.3 is 5.11 Å². The Bertz CT molecular complexity index is 817. The maximum atomic E-state index is 12.8. The minimum atomic E-state index is -3.57. The molecule has 0 bridgehead atoms. The number of carboxylic acids is 1. The number of sulfonamides is 1. The predicted octanol–water partition coefficient (Wildman–Crippen LogP) is 2.78. The summed E-state index contributed by atoms with van der Waals surface area (Å²) in [5.41, 5.74) is -0.831. The Morgan fingerprint density at radius 2 is 1.91 bits per heavy atom. The largest absolute Gasteiger partial charge is 0.481 e. The lowest BCUT2D eigenvalue weighted by molar-refractivity contribution is -0.150. The SMILES string of the molecule is CC1(C(=O)O)CCN(S(=O)(=O)c2csc3ccccc23)CC1. The number of fused-ring (bicyclic) bond motifs is 1. The molecule has 1 aromatic carbocycles. The van der Waals surface area contributed by atoms with Gasteiger partial charge in [-0.2, -0.15) is 4.31 Å². The molecule has 1 aliphatic rings. The monoisotopic (exact) mass is 339 g/mol. The molecule has 0 amide bonds. The van der Waals surface area contributed by atoms with E-state index >= 15 is 0 Å². The van der Waals surface area contributed by atoms with E-state index in [1.165, 1.54) is 15.6 Å². The van der Waals surface area contributed by atoms with Crippen molar-refractivity contribution in [3.05, 3.63) is 29.6 Å². The van der Waals surface area contributed by atoms with Crippen molar-refractivity contribution >= 4 is 37.4 Å². The summed E-state index contributed by atoms with van der Waals surface area (Å²) in [6, 6.07) is 7.42. The standard InChI is InChI=1S/C15H17NO4S2/c1-15(14(17)18)6-8-16(9-7-15)22(19,20)13-10-21-12-5-3-2-4-11(12)13/h2-5,10H,6-9H2,1H3,(H,17,18). The molecule has 3 rings (SSSR count). The average molecular weight is 339 g/mol. The lowest BCUT2D eigenvalue weighted by Crippen LogP contribution is -2.45. The van der Waals surface area contributed by atoms with Crippen molar-refractivity contribution in [2.45, 2.75) is 24.7 Å². The Morgan fingerprint density at radius 1 is 1.27 bits per heavy atom. The predicted molar refractivity (Wildman–Crippen MR) is 85.6 cm³/mol. The maximum Gasteiger partial charge on any atom is 0.309 e. The van der Waals surface area contributed by atoms with Crippen LogP contribution in [0.15, 0.2) is 34.5 Å². The molecule has 2 heterocycles. The van der Waals surface area contributed by atoms with Crippen LogP contribution in [0.25, 0.3) is 10.1 Å². The maximum absolute atomic E-state index is 12.8. The average Bonchev–Trinajstić information content (AvgIpc) is 2.92. The topological polar surface area (TPSA) is 74.7 Å². The molecule has 0 saturated carbocycles. The fourth-order valence-corrected chi connectivity index (χ4v) is 5.64. The van der Waals surface area contributed by atoms with Gasteiger partial charge in [-0.15, -0.1) is 11.3 Å². The summed E-state index contributed by atoms with van der Waals surface area (Å²) in [6.45, 7) is 2.17. The van der Waals surface area contributed by atoms with Crippen LogP contribution in [0.1, 0.15) is 19.8 Å². The Morgan fingerprint density at radius 3 is 2.55 bits per heavy atom. The highest BCUT2D eigenvalue weighted by Crippen LogP contribution is 2.36. The lowest BCUT2D eigenvalue weighted by atomic mass is 9.81. The van der Waals surface area contributed by atoms with E-state index in [2.05, 4.69) is 0 Å². The molecule has 0 unspecified atom stereocenters. The number of hydrogen-bond acceptors (Lipinski definition) is 4. The number of hydrogen-bond donors (Lipinski definition) is 1. The number of carbonyl (C=O) groups is 1. The zero-order chi connectivity index (χ0) is 16.0. The summed E-state index contributed by atoms with van der Waals surface area (Å²) < 4.78 is 28.0. The molecule has 0 radical (unpaired) electrons. The fourth-order valence-electron chi connectivity index (χ4n) is 2.73. The highest BCUT2D eigenvalue weighted by Gasteiger charge is 2.40. The van der Waals surface area contributed by atoms with Gasteiger partial charge in [0.2, 0.25) is 10.0 Å². The van der Waals surface area contributed by atoms with Crippen molar-refractivity contribution in [1.29, 1.82) is 0 Å². The van der Waals surface area contributed by atoms with E-state index in [1.807, 2.05) is 24.3 Å². The number of piperidine rings is 1. The van der Waals surface area contributed by atoms with Crippen molar-refractivity contribution in [1.82, 2.24) is 4.31 Å². The van der Waals surface area contributed by atoms with E-state index in [-0.39, 0.29) is 13.1 Å². The number of thiophene rings is 1. The first kappa shape index (κ1) is 15.5. The third kappa shape index (κ3) is 2.43. The van der Waals surface area contributed by atoms with Crippen LogP contribution in [0.5, 0.6) is 0 Å². The smallest absolute Gasteiger partial charge is 0.309 e. The molecule has 1 N–H and O–H groups in total. The fraction of sp³-hybridized carbons (Fsp3) is 0.400. The minimum Gasteiger partial charge on any atom is -0.481 e. The van der Waals surface area contributed by atoms with E-state index in [9.17, 15) is 18.3 Å². The number of benzene rings is 1. The quantitative estimate of drug-likeness (QED) is 0.933. The Labute approximate surface area is 133 Å². The molecular formula is C15H17NO4S2. The molecule has 1 saturated heterocycles. The van der Waals surface area contributed by atoms with Crippen molar-refractivity contribution in [2.75, 3.05) is 13.1 Å². The second-order valence-electron chi connectivity index (χ2n) is 5.87. The van der Waals surface area contributed by atoms with Crippen LogP contribution in [0.3, 0.4) is 0 Å². The minimum absolute atomic E-state index is 0.245. The molecule has 1 aromatic heterocycles. The molecule has 118 valence electrons. The van der Waals surface area contributed by atoms with E-state index in [0.717, 1.165) is 10.1 Å². The van der Waals surface area contributed by atoms with Gasteiger partial charge in [-0.1, -0.05) is 18.2 Å². The third-order valence-corrected chi connectivity index (χ3v) is 7.46. The highest BCUT2D eigenvalue weighted by atomic mass is 32.2. The number of aliphatic carboxylic acids is 1. The van der Waals surface area contributed by atoms with Gasteiger partial charge in [-0.05, 0) is 25.8 Å².